The molecule has 0 aliphatic rings. The van der Waals surface area contributed by atoms with Crippen LogP contribution in [0, 0.1) is 10.1 Å². The van der Waals surface area contributed by atoms with Gasteiger partial charge in [0.15, 0.2) is 5.69 Å². The molecule has 0 fully saturated rings. The Hall–Kier alpha value is -3.10. The molecule has 0 bridgehead atoms. The van der Waals surface area contributed by atoms with E-state index < -0.39 is 28.1 Å². The molecule has 0 amide bonds. The number of aliphatic hydroxyl groups excluding tert-OH is 1. The van der Waals surface area contributed by atoms with Gasteiger partial charge in [-0.3, -0.25) is 19.7 Å². The highest BCUT2D eigenvalue weighted by Crippen LogP contribution is 2.22. The van der Waals surface area contributed by atoms with E-state index in [9.17, 15) is 24.8 Å². The van der Waals surface area contributed by atoms with E-state index in [1.165, 1.54) is 30.3 Å². The third-order valence-corrected chi connectivity index (χ3v) is 3.77. The normalized spacial score (nSPS) is 12.1. The number of Topliss-reactive ketones (excluding diaryl/α,β-unsaturated/α-hetero) is 1. The molecule has 0 saturated heterocycles. The molecule has 2 aromatic carbocycles. The molecule has 9 heteroatoms. The molecule has 8 nitrogen and oxygen atoms in total. The number of aromatic nitrogens is 2. The van der Waals surface area contributed by atoms with E-state index in [-0.39, 0.29) is 11.3 Å². The summed E-state index contributed by atoms with van der Waals surface area (Å²) in [5.74, 6) is -0.960. The second-order valence-corrected chi connectivity index (χ2v) is 5.63. The predicted octanol–water partition coefficient (Wildman–Crippen LogP) is 2.40. The first-order chi connectivity index (χ1) is 11.9. The van der Waals surface area contributed by atoms with Crippen molar-refractivity contribution in [3.63, 3.8) is 0 Å². The van der Waals surface area contributed by atoms with Crippen LogP contribution in [0.15, 0.2) is 47.3 Å². The van der Waals surface area contributed by atoms with Crippen molar-refractivity contribution in [2.24, 2.45) is 0 Å². The van der Waals surface area contributed by atoms with E-state index in [1.54, 1.807) is 6.07 Å². The van der Waals surface area contributed by atoms with E-state index in [0.717, 1.165) is 6.07 Å². The third-order valence-electron chi connectivity index (χ3n) is 3.53. The average molecular weight is 360 g/mol. The minimum atomic E-state index is -1.75. The van der Waals surface area contributed by atoms with Crippen molar-refractivity contribution in [1.82, 2.24) is 9.97 Å². The van der Waals surface area contributed by atoms with Crippen LogP contribution in [0.25, 0.3) is 11.0 Å². The molecule has 3 rings (SSSR count). The molecule has 1 aromatic heterocycles. The fraction of sp³-hybridized carbons (Fsp3) is 0.0625. The van der Waals surface area contributed by atoms with Crippen LogP contribution >= 0.6 is 11.6 Å². The molecule has 0 unspecified atom stereocenters. The van der Waals surface area contributed by atoms with E-state index in [4.69, 9.17) is 11.6 Å². The number of nitro groups is 1. The van der Waals surface area contributed by atoms with Crippen LogP contribution < -0.4 is 5.56 Å². The minimum absolute atomic E-state index is 0.00315. The zero-order chi connectivity index (χ0) is 18.1. The van der Waals surface area contributed by atoms with Crippen LogP contribution in [0.1, 0.15) is 22.2 Å². The second-order valence-electron chi connectivity index (χ2n) is 5.19. The van der Waals surface area contributed by atoms with Gasteiger partial charge in [-0.1, -0.05) is 23.7 Å². The molecule has 126 valence electrons. The van der Waals surface area contributed by atoms with Crippen LogP contribution in [0.3, 0.4) is 0 Å². The number of hydrogen-bond acceptors (Lipinski definition) is 6. The summed E-state index contributed by atoms with van der Waals surface area (Å²) in [4.78, 5) is 41.1. The number of rotatable bonds is 4. The molecular formula is C16H10ClN3O5. The Morgan fingerprint density at radius 2 is 2.04 bits per heavy atom. The van der Waals surface area contributed by atoms with E-state index in [0.29, 0.717) is 16.1 Å². The largest absolute Gasteiger partial charge is 0.380 e. The van der Waals surface area contributed by atoms with Crippen LogP contribution in [0.5, 0.6) is 0 Å². The Morgan fingerprint density at radius 1 is 1.28 bits per heavy atom. The smallest absolute Gasteiger partial charge is 0.278 e. The van der Waals surface area contributed by atoms with Gasteiger partial charge in [-0.05, 0) is 23.8 Å². The summed E-state index contributed by atoms with van der Waals surface area (Å²) in [6.07, 6.45) is -1.75. The average Bonchev–Trinajstić information content (AvgIpc) is 2.60. The first kappa shape index (κ1) is 16.7. The highest BCUT2D eigenvalue weighted by molar-refractivity contribution is 6.31. The number of H-pyrrole nitrogens is 1. The van der Waals surface area contributed by atoms with E-state index >= 15 is 0 Å². The molecule has 3 aromatic rings. The Labute approximate surface area is 144 Å². The van der Waals surface area contributed by atoms with Gasteiger partial charge in [0.1, 0.15) is 6.10 Å². The number of aromatic amines is 1. The Morgan fingerprint density at radius 3 is 2.76 bits per heavy atom. The molecule has 0 radical (unpaired) electrons. The van der Waals surface area contributed by atoms with Gasteiger partial charge in [-0.15, -0.1) is 0 Å². The maximum Gasteiger partial charge on any atom is 0.278 e. The van der Waals surface area contributed by atoms with Crippen molar-refractivity contribution in [1.29, 1.82) is 0 Å². The lowest BCUT2D eigenvalue weighted by Crippen LogP contribution is -2.24. The van der Waals surface area contributed by atoms with Gasteiger partial charge in [-0.2, -0.15) is 0 Å². The van der Waals surface area contributed by atoms with Gasteiger partial charge < -0.3 is 10.1 Å². The van der Waals surface area contributed by atoms with E-state index in [2.05, 4.69) is 9.97 Å². The summed E-state index contributed by atoms with van der Waals surface area (Å²) in [5, 5.41) is 21.4. The fourth-order valence-electron chi connectivity index (χ4n) is 2.31. The number of benzene rings is 2. The minimum Gasteiger partial charge on any atom is -0.380 e. The summed E-state index contributed by atoms with van der Waals surface area (Å²) < 4.78 is 0. The highest BCUT2D eigenvalue weighted by Gasteiger charge is 2.25. The van der Waals surface area contributed by atoms with E-state index in [1.807, 2.05) is 0 Å². The van der Waals surface area contributed by atoms with Crippen LogP contribution in [-0.2, 0) is 0 Å². The Kier molecular flexibility index (Phi) is 4.30. The Bertz CT molecular complexity index is 1060. The van der Waals surface area contributed by atoms with Crippen molar-refractivity contribution in [2.45, 2.75) is 6.10 Å². The number of nitrogens with one attached hydrogen (secondary N) is 1. The Balaban J connectivity index is 2.03. The van der Waals surface area contributed by atoms with Crippen LogP contribution in [0.2, 0.25) is 5.02 Å². The second kappa shape index (κ2) is 6.42. The van der Waals surface area contributed by atoms with Gasteiger partial charge in [0, 0.05) is 17.2 Å². The summed E-state index contributed by atoms with van der Waals surface area (Å²) in [6.45, 7) is 0. The molecule has 0 aliphatic heterocycles. The topological polar surface area (TPSA) is 126 Å². The standard InChI is InChI=1S/C16H10ClN3O5/c17-9-4-5-11-12(7-9)19-16(23)13(18-11)15(22)14(21)8-2-1-3-10(6-8)20(24)25/h1-7,14,21H,(H,19,23)/t14-/m1/s1. The molecule has 25 heavy (non-hydrogen) atoms. The van der Waals surface area contributed by atoms with Crippen molar-refractivity contribution >= 4 is 34.1 Å². The summed E-state index contributed by atoms with van der Waals surface area (Å²) in [5.41, 5.74) is -0.897. The number of halogens is 1. The maximum absolute atomic E-state index is 12.4. The summed E-state index contributed by atoms with van der Waals surface area (Å²) in [6, 6.07) is 9.53. The number of nitro benzene ring substituents is 1. The highest BCUT2D eigenvalue weighted by atomic mass is 35.5. The number of carbonyl (C=O) groups is 1. The fourth-order valence-corrected chi connectivity index (χ4v) is 2.49. The molecule has 1 heterocycles. The summed E-state index contributed by atoms with van der Waals surface area (Å²) >= 11 is 5.83. The van der Waals surface area contributed by atoms with Gasteiger partial charge in [0.05, 0.1) is 16.0 Å². The van der Waals surface area contributed by atoms with Gasteiger partial charge >= 0.3 is 0 Å². The van der Waals surface area contributed by atoms with Crippen molar-refractivity contribution in [3.8, 4) is 0 Å². The monoisotopic (exact) mass is 359 g/mol. The number of non-ortho nitro benzene ring substituents is 1. The van der Waals surface area contributed by atoms with Gasteiger partial charge in [0.25, 0.3) is 11.2 Å². The molecule has 0 saturated carbocycles. The van der Waals surface area contributed by atoms with Crippen LogP contribution in [0.4, 0.5) is 5.69 Å². The lowest BCUT2D eigenvalue weighted by Gasteiger charge is -2.09. The lowest BCUT2D eigenvalue weighted by atomic mass is 10.0. The third kappa shape index (κ3) is 3.25. The SMILES string of the molecule is O=C(c1nc2ccc(Cl)cc2[nH]c1=O)[C@H](O)c1cccc([N+](=O)[O-])c1. The zero-order valence-electron chi connectivity index (χ0n) is 12.5. The molecule has 0 aliphatic carbocycles. The number of nitrogens with zero attached hydrogens (tertiary/aromatic N) is 2. The molecule has 1 atom stereocenters. The first-order valence-electron chi connectivity index (χ1n) is 7.03. The van der Waals surface area contributed by atoms with Gasteiger partial charge in [0.2, 0.25) is 5.78 Å². The predicted molar refractivity (Wildman–Crippen MR) is 89.8 cm³/mol. The number of ketones is 1. The lowest BCUT2D eigenvalue weighted by molar-refractivity contribution is -0.385. The number of hydrogen-bond donors (Lipinski definition) is 2. The number of aliphatic hydroxyl groups is 1. The van der Waals surface area contributed by atoms with Crippen molar-refractivity contribution in [2.75, 3.05) is 0 Å². The molecule has 2 N–H and O–H groups in total. The number of fused-ring (bicyclic) bond motifs is 1. The maximum atomic E-state index is 12.4. The van der Waals surface area contributed by atoms with Crippen molar-refractivity contribution in [3.05, 3.63) is 79.2 Å². The summed E-state index contributed by atoms with van der Waals surface area (Å²) in [7, 11) is 0. The number of carbonyl (C=O) groups excluding carboxylic acids is 1. The van der Waals surface area contributed by atoms with Gasteiger partial charge in [-0.25, -0.2) is 4.98 Å². The molecular weight excluding hydrogens is 350 g/mol. The van der Waals surface area contributed by atoms with Crippen molar-refractivity contribution < 1.29 is 14.8 Å². The quantitative estimate of drug-likeness (QED) is 0.418. The first-order valence-corrected chi connectivity index (χ1v) is 7.41. The van der Waals surface area contributed by atoms with Crippen LogP contribution in [-0.4, -0.2) is 25.8 Å². The molecule has 0 spiro atoms. The zero-order valence-corrected chi connectivity index (χ0v) is 13.2.